The summed E-state index contributed by atoms with van der Waals surface area (Å²) in [4.78, 5) is 12.1. The molecule has 0 spiro atoms. The summed E-state index contributed by atoms with van der Waals surface area (Å²) in [6.45, 7) is 7.87. The van der Waals surface area contributed by atoms with E-state index in [1.807, 2.05) is 30.7 Å². The first-order valence-corrected chi connectivity index (χ1v) is 8.92. The lowest BCUT2D eigenvalue weighted by molar-refractivity contribution is -0.147. The first-order chi connectivity index (χ1) is 12.7. The molecule has 3 rings (SSSR count). The van der Waals surface area contributed by atoms with E-state index < -0.39 is 17.3 Å². The Bertz CT molecular complexity index is 1000. The summed E-state index contributed by atoms with van der Waals surface area (Å²) in [6.07, 6.45) is 0. The van der Waals surface area contributed by atoms with Crippen LogP contribution in [0, 0.1) is 12.3 Å². The molecule has 0 fully saturated rings. The van der Waals surface area contributed by atoms with E-state index in [9.17, 15) is 15.0 Å². The van der Waals surface area contributed by atoms with Crippen LogP contribution in [0.4, 0.5) is 0 Å². The van der Waals surface area contributed by atoms with Gasteiger partial charge in [-0.15, -0.1) is 5.10 Å². The zero-order chi connectivity index (χ0) is 19.9. The number of nitrogens with zero attached hydrogens (tertiary/aromatic N) is 5. The average molecular weight is 371 g/mol. The molecule has 144 valence electrons. The standard InChI is InChI=1S/C19H25N5O3/c1-6-24-15-8-7-13(11(2)17(15)20-22-24)16(19(3,4)18(26)27)14-9-12(10-25)23(5)21-14/h7-9,16,25H,6,10H2,1-5H3,(H,26,27)/t16-/m0/s1. The predicted molar refractivity (Wildman–Crippen MR) is 100 cm³/mol. The van der Waals surface area contributed by atoms with Crippen LogP contribution in [-0.4, -0.2) is 41.0 Å². The molecule has 0 bridgehead atoms. The second-order valence-electron chi connectivity index (χ2n) is 7.35. The van der Waals surface area contributed by atoms with E-state index in [1.165, 1.54) is 0 Å². The first kappa shape index (κ1) is 19.0. The Morgan fingerprint density at radius 1 is 1.33 bits per heavy atom. The molecule has 2 heterocycles. The molecule has 0 aliphatic carbocycles. The molecule has 8 nitrogen and oxygen atoms in total. The number of aliphatic carboxylic acids is 1. The van der Waals surface area contributed by atoms with Crippen molar-refractivity contribution in [3.05, 3.63) is 40.7 Å². The van der Waals surface area contributed by atoms with Crippen molar-refractivity contribution >= 4 is 17.0 Å². The maximum absolute atomic E-state index is 12.1. The first-order valence-electron chi connectivity index (χ1n) is 8.92. The lowest BCUT2D eigenvalue weighted by Gasteiger charge is -2.30. The Kier molecular flexibility index (Phi) is 4.77. The minimum atomic E-state index is -1.11. The smallest absolute Gasteiger partial charge is 0.310 e. The zero-order valence-electron chi connectivity index (χ0n) is 16.3. The van der Waals surface area contributed by atoms with Crippen molar-refractivity contribution < 1.29 is 15.0 Å². The van der Waals surface area contributed by atoms with Gasteiger partial charge in [-0.05, 0) is 51.0 Å². The number of aromatic nitrogens is 5. The van der Waals surface area contributed by atoms with Crippen molar-refractivity contribution in [1.29, 1.82) is 0 Å². The molecule has 0 saturated heterocycles. The SMILES string of the molecule is CCn1nnc2c(C)c([C@@H](c3cc(CO)n(C)n3)C(C)(C)C(=O)O)ccc21. The summed E-state index contributed by atoms with van der Waals surface area (Å²) in [6, 6.07) is 5.64. The minimum absolute atomic E-state index is 0.160. The summed E-state index contributed by atoms with van der Waals surface area (Å²) in [5.41, 5.74) is 3.55. The van der Waals surface area contributed by atoms with Crippen LogP contribution in [0.3, 0.4) is 0 Å². The van der Waals surface area contributed by atoms with E-state index in [1.54, 1.807) is 31.6 Å². The van der Waals surface area contributed by atoms with Crippen molar-refractivity contribution in [2.75, 3.05) is 0 Å². The Hall–Kier alpha value is -2.74. The van der Waals surface area contributed by atoms with Gasteiger partial charge in [-0.25, -0.2) is 4.68 Å². The maximum atomic E-state index is 12.1. The molecule has 0 aliphatic rings. The van der Waals surface area contributed by atoms with Gasteiger partial charge in [0.25, 0.3) is 0 Å². The van der Waals surface area contributed by atoms with Crippen molar-refractivity contribution in [2.45, 2.75) is 46.8 Å². The van der Waals surface area contributed by atoms with Crippen LogP contribution in [0.15, 0.2) is 18.2 Å². The second kappa shape index (κ2) is 6.77. The van der Waals surface area contributed by atoms with Crippen LogP contribution in [0.5, 0.6) is 0 Å². The van der Waals surface area contributed by atoms with Crippen LogP contribution >= 0.6 is 0 Å². The number of rotatable bonds is 6. The van der Waals surface area contributed by atoms with Gasteiger partial charge < -0.3 is 10.2 Å². The van der Waals surface area contributed by atoms with Gasteiger partial charge in [0, 0.05) is 19.5 Å². The molecule has 3 aromatic rings. The van der Waals surface area contributed by atoms with Crippen LogP contribution in [0.1, 0.15) is 49.2 Å². The van der Waals surface area contributed by atoms with Crippen molar-refractivity contribution in [2.24, 2.45) is 12.5 Å². The fourth-order valence-electron chi connectivity index (χ4n) is 3.59. The number of aryl methyl sites for hydroxylation is 3. The predicted octanol–water partition coefficient (Wildman–Crippen LogP) is 2.23. The summed E-state index contributed by atoms with van der Waals surface area (Å²) < 4.78 is 3.40. The monoisotopic (exact) mass is 371 g/mol. The van der Waals surface area contributed by atoms with Gasteiger partial charge >= 0.3 is 5.97 Å². The molecule has 1 aromatic carbocycles. The number of fused-ring (bicyclic) bond motifs is 1. The molecule has 0 radical (unpaired) electrons. The lowest BCUT2D eigenvalue weighted by Crippen LogP contribution is -2.33. The van der Waals surface area contributed by atoms with Crippen LogP contribution in [-0.2, 0) is 25.0 Å². The molecular formula is C19H25N5O3. The third kappa shape index (κ3) is 2.99. The minimum Gasteiger partial charge on any atom is -0.481 e. The number of aliphatic hydroxyl groups excluding tert-OH is 1. The summed E-state index contributed by atoms with van der Waals surface area (Å²) >= 11 is 0. The maximum Gasteiger partial charge on any atom is 0.310 e. The number of aliphatic hydroxyl groups is 1. The molecule has 0 saturated carbocycles. The molecule has 2 aromatic heterocycles. The summed E-state index contributed by atoms with van der Waals surface area (Å²) in [5.74, 6) is -1.42. The molecule has 0 aliphatic heterocycles. The number of carboxylic acid groups (broad SMARTS) is 1. The average Bonchev–Trinajstić information content (AvgIpc) is 3.20. The van der Waals surface area contributed by atoms with Crippen LogP contribution in [0.25, 0.3) is 11.0 Å². The summed E-state index contributed by atoms with van der Waals surface area (Å²) in [7, 11) is 1.74. The largest absolute Gasteiger partial charge is 0.481 e. The Morgan fingerprint density at radius 3 is 2.59 bits per heavy atom. The molecule has 0 unspecified atom stereocenters. The van der Waals surface area contributed by atoms with E-state index in [0.29, 0.717) is 17.9 Å². The normalized spacial score (nSPS) is 13.3. The van der Waals surface area contributed by atoms with Gasteiger partial charge in [-0.1, -0.05) is 11.3 Å². The van der Waals surface area contributed by atoms with E-state index in [0.717, 1.165) is 22.2 Å². The van der Waals surface area contributed by atoms with Crippen LogP contribution in [0.2, 0.25) is 0 Å². The molecule has 1 atom stereocenters. The number of hydrogen-bond acceptors (Lipinski definition) is 5. The highest BCUT2D eigenvalue weighted by Gasteiger charge is 2.41. The highest BCUT2D eigenvalue weighted by molar-refractivity contribution is 5.81. The van der Waals surface area contributed by atoms with Gasteiger partial charge in [-0.3, -0.25) is 9.48 Å². The van der Waals surface area contributed by atoms with Crippen molar-refractivity contribution in [3.63, 3.8) is 0 Å². The van der Waals surface area contributed by atoms with E-state index in [2.05, 4.69) is 15.4 Å². The Morgan fingerprint density at radius 2 is 2.04 bits per heavy atom. The fourth-order valence-corrected chi connectivity index (χ4v) is 3.59. The number of hydrogen-bond donors (Lipinski definition) is 2. The van der Waals surface area contributed by atoms with E-state index >= 15 is 0 Å². The molecule has 27 heavy (non-hydrogen) atoms. The molecule has 8 heteroatoms. The lowest BCUT2D eigenvalue weighted by atomic mass is 9.72. The highest BCUT2D eigenvalue weighted by Crippen LogP contribution is 2.43. The Labute approximate surface area is 157 Å². The third-order valence-corrected chi connectivity index (χ3v) is 5.32. The third-order valence-electron chi connectivity index (χ3n) is 5.32. The van der Waals surface area contributed by atoms with Crippen molar-refractivity contribution in [3.8, 4) is 0 Å². The van der Waals surface area contributed by atoms with E-state index in [-0.39, 0.29) is 6.61 Å². The quantitative estimate of drug-likeness (QED) is 0.688. The number of carboxylic acids is 1. The van der Waals surface area contributed by atoms with Crippen LogP contribution < -0.4 is 0 Å². The summed E-state index contributed by atoms with van der Waals surface area (Å²) in [5, 5.41) is 32.4. The van der Waals surface area contributed by atoms with Crippen molar-refractivity contribution in [1.82, 2.24) is 24.8 Å². The van der Waals surface area contributed by atoms with Gasteiger partial charge in [0.1, 0.15) is 5.52 Å². The van der Waals surface area contributed by atoms with Gasteiger partial charge in [0.2, 0.25) is 0 Å². The molecule has 2 N–H and O–H groups in total. The molecular weight excluding hydrogens is 346 g/mol. The zero-order valence-corrected chi connectivity index (χ0v) is 16.3. The molecule has 0 amide bonds. The second-order valence-corrected chi connectivity index (χ2v) is 7.35. The number of benzene rings is 1. The van der Waals surface area contributed by atoms with E-state index in [4.69, 9.17) is 0 Å². The van der Waals surface area contributed by atoms with Gasteiger partial charge in [0.05, 0.1) is 28.9 Å². The topological polar surface area (TPSA) is 106 Å². The van der Waals surface area contributed by atoms with Gasteiger partial charge in [-0.2, -0.15) is 5.10 Å². The highest BCUT2D eigenvalue weighted by atomic mass is 16.4. The number of carbonyl (C=O) groups is 1. The Balaban J connectivity index is 2.26. The van der Waals surface area contributed by atoms with Gasteiger partial charge in [0.15, 0.2) is 0 Å². The fraction of sp³-hybridized carbons (Fsp3) is 0.474.